The van der Waals surface area contributed by atoms with Crippen LogP contribution in [0.25, 0.3) is 17.5 Å². The highest BCUT2D eigenvalue weighted by Gasteiger charge is 2.40. The number of thiophene rings is 2. The number of aromatic nitrogens is 1. The van der Waals surface area contributed by atoms with Crippen LogP contribution in [0.3, 0.4) is 0 Å². The maximum atomic E-state index is 13.2. The van der Waals surface area contributed by atoms with Gasteiger partial charge in [-0.05, 0) is 35.9 Å². The lowest BCUT2D eigenvalue weighted by Gasteiger charge is -2.25. The van der Waals surface area contributed by atoms with Gasteiger partial charge in [-0.1, -0.05) is 12.1 Å². The van der Waals surface area contributed by atoms with Gasteiger partial charge >= 0.3 is 11.9 Å². The van der Waals surface area contributed by atoms with Crippen molar-refractivity contribution >= 4 is 63.4 Å². The van der Waals surface area contributed by atoms with E-state index in [9.17, 15) is 14.4 Å². The number of fused-ring (bicyclic) bond motifs is 1. The molecular formula is C21H18N2O5S3. The normalized spacial score (nSPS) is 16.4. The summed E-state index contributed by atoms with van der Waals surface area (Å²) in [6.45, 7) is 1.85. The molecule has 1 aliphatic heterocycles. The average Bonchev–Trinajstić information content (AvgIpc) is 3.50. The Kier molecular flexibility index (Phi) is 5.94. The number of hydrogen-bond acceptors (Lipinski definition) is 9. The molecule has 4 heterocycles. The van der Waals surface area contributed by atoms with Crippen LogP contribution in [-0.4, -0.2) is 30.2 Å². The maximum Gasteiger partial charge on any atom is 0.338 e. The fraction of sp³-hybridized carbons (Fsp3) is 0.190. The van der Waals surface area contributed by atoms with E-state index in [1.807, 2.05) is 35.0 Å². The van der Waals surface area contributed by atoms with Crippen molar-refractivity contribution in [2.75, 3.05) is 13.7 Å². The van der Waals surface area contributed by atoms with Crippen molar-refractivity contribution in [1.82, 2.24) is 4.57 Å². The summed E-state index contributed by atoms with van der Waals surface area (Å²) in [6, 6.07) is 7.40. The van der Waals surface area contributed by atoms with Crippen molar-refractivity contribution in [2.45, 2.75) is 12.8 Å². The molecule has 7 nitrogen and oxygen atoms in total. The zero-order chi connectivity index (χ0) is 22.1. The van der Waals surface area contributed by atoms with Gasteiger partial charge in [0, 0.05) is 9.75 Å². The Morgan fingerprint density at radius 1 is 1.16 bits per heavy atom. The van der Waals surface area contributed by atoms with E-state index < -0.39 is 23.4 Å². The van der Waals surface area contributed by atoms with Crippen LogP contribution < -0.4 is 20.5 Å². The van der Waals surface area contributed by atoms with Crippen LogP contribution >= 0.6 is 34.0 Å². The first-order valence-corrected chi connectivity index (χ1v) is 11.9. The van der Waals surface area contributed by atoms with Gasteiger partial charge in [-0.15, -0.1) is 34.0 Å². The molecule has 1 aliphatic rings. The predicted molar refractivity (Wildman–Crippen MR) is 122 cm³/mol. The third-order valence-corrected chi connectivity index (χ3v) is 7.56. The molecule has 0 fully saturated rings. The van der Waals surface area contributed by atoms with E-state index in [-0.39, 0.29) is 23.6 Å². The minimum atomic E-state index is -0.792. The second-order valence-corrected chi connectivity index (χ2v) is 9.43. The molecule has 0 saturated heterocycles. The number of carbonyl (C=O) groups is 2. The fourth-order valence-electron chi connectivity index (χ4n) is 3.41. The van der Waals surface area contributed by atoms with Gasteiger partial charge in [0.1, 0.15) is 10.5 Å². The number of nitrogens with zero attached hydrogens (tertiary/aromatic N) is 1. The maximum absolute atomic E-state index is 13.2. The lowest BCUT2D eigenvalue weighted by Crippen LogP contribution is -2.41. The number of esters is 2. The fourth-order valence-corrected chi connectivity index (χ4v) is 6.14. The molecule has 160 valence electrons. The van der Waals surface area contributed by atoms with Crippen molar-refractivity contribution < 1.29 is 19.1 Å². The van der Waals surface area contributed by atoms with Gasteiger partial charge in [0.15, 0.2) is 0 Å². The van der Waals surface area contributed by atoms with Crippen LogP contribution in [0.2, 0.25) is 0 Å². The van der Waals surface area contributed by atoms with Crippen LogP contribution in [0.15, 0.2) is 45.4 Å². The van der Waals surface area contributed by atoms with Crippen LogP contribution in [0, 0.1) is 0 Å². The monoisotopic (exact) mass is 474 g/mol. The Balaban J connectivity index is 2.13. The van der Waals surface area contributed by atoms with E-state index in [4.69, 9.17) is 15.2 Å². The Morgan fingerprint density at radius 2 is 1.90 bits per heavy atom. The largest absolute Gasteiger partial charge is 0.466 e. The molecule has 0 saturated carbocycles. The quantitative estimate of drug-likeness (QED) is 0.565. The van der Waals surface area contributed by atoms with Gasteiger partial charge < -0.3 is 15.2 Å². The van der Waals surface area contributed by atoms with Crippen molar-refractivity contribution in [3.8, 4) is 0 Å². The summed E-state index contributed by atoms with van der Waals surface area (Å²) >= 11 is 4.01. The average molecular weight is 475 g/mol. The highest BCUT2D eigenvalue weighted by atomic mass is 32.1. The van der Waals surface area contributed by atoms with Gasteiger partial charge in [-0.25, -0.2) is 9.59 Å². The number of ether oxygens (including phenoxy) is 2. The molecular weight excluding hydrogens is 456 g/mol. The third kappa shape index (κ3) is 3.67. The Labute approximate surface area is 189 Å². The number of methoxy groups -OCH3 is 1. The van der Waals surface area contributed by atoms with Gasteiger partial charge in [0.05, 0.1) is 35.3 Å². The Morgan fingerprint density at radius 3 is 2.52 bits per heavy atom. The molecule has 0 unspecified atom stereocenters. The number of nitrogens with two attached hydrogens (primary N) is 1. The minimum absolute atomic E-state index is 0.0413. The summed E-state index contributed by atoms with van der Waals surface area (Å²) in [5.74, 6) is -2.14. The van der Waals surface area contributed by atoms with Crippen LogP contribution in [0.1, 0.15) is 22.6 Å². The van der Waals surface area contributed by atoms with Crippen molar-refractivity contribution in [3.05, 3.63) is 69.9 Å². The smallest absolute Gasteiger partial charge is 0.338 e. The van der Waals surface area contributed by atoms with E-state index >= 15 is 0 Å². The molecule has 4 rings (SSSR count). The Hall–Kier alpha value is -2.95. The summed E-state index contributed by atoms with van der Waals surface area (Å²) in [6.07, 6.45) is 1.75. The van der Waals surface area contributed by atoms with Gasteiger partial charge in [-0.3, -0.25) is 9.36 Å². The summed E-state index contributed by atoms with van der Waals surface area (Å²) in [5.41, 5.74) is 6.21. The molecule has 10 heteroatoms. The lowest BCUT2D eigenvalue weighted by atomic mass is 9.88. The van der Waals surface area contributed by atoms with Gasteiger partial charge in [0.2, 0.25) is 0 Å². The van der Waals surface area contributed by atoms with E-state index in [2.05, 4.69) is 0 Å². The number of carbonyl (C=O) groups excluding carboxylic acids is 2. The molecule has 0 bridgehead atoms. The molecule has 3 aromatic rings. The minimum Gasteiger partial charge on any atom is -0.466 e. The zero-order valence-electron chi connectivity index (χ0n) is 16.6. The van der Waals surface area contributed by atoms with E-state index in [0.29, 0.717) is 9.20 Å². The van der Waals surface area contributed by atoms with Gasteiger partial charge in [-0.2, -0.15) is 0 Å². The van der Waals surface area contributed by atoms with E-state index in [1.54, 1.807) is 13.0 Å². The van der Waals surface area contributed by atoms with E-state index in [0.717, 1.165) is 21.1 Å². The summed E-state index contributed by atoms with van der Waals surface area (Å²) in [5, 5.41) is 3.75. The topological polar surface area (TPSA) is 101 Å². The molecule has 0 aliphatic carbocycles. The number of rotatable bonds is 5. The van der Waals surface area contributed by atoms with Crippen molar-refractivity contribution in [1.29, 1.82) is 0 Å². The molecule has 31 heavy (non-hydrogen) atoms. The summed E-state index contributed by atoms with van der Waals surface area (Å²) in [4.78, 5) is 40.7. The lowest BCUT2D eigenvalue weighted by molar-refractivity contribution is -0.136. The molecule has 3 aromatic heterocycles. The first-order valence-electron chi connectivity index (χ1n) is 9.28. The number of thiazole rings is 1. The van der Waals surface area contributed by atoms with Crippen LogP contribution in [0.5, 0.6) is 0 Å². The molecule has 0 aromatic carbocycles. The Bertz CT molecular complexity index is 1340. The van der Waals surface area contributed by atoms with Crippen LogP contribution in [0.4, 0.5) is 0 Å². The first-order chi connectivity index (χ1) is 15.0. The van der Waals surface area contributed by atoms with Crippen LogP contribution in [-0.2, 0) is 19.1 Å². The van der Waals surface area contributed by atoms with Crippen molar-refractivity contribution in [3.63, 3.8) is 0 Å². The molecule has 0 amide bonds. The molecule has 0 spiro atoms. The third-order valence-electron chi connectivity index (χ3n) is 4.69. The highest BCUT2D eigenvalue weighted by molar-refractivity contribution is 7.11. The predicted octanol–water partition coefficient (Wildman–Crippen LogP) is 1.67. The highest BCUT2D eigenvalue weighted by Crippen LogP contribution is 2.39. The zero-order valence-corrected chi connectivity index (χ0v) is 19.1. The second-order valence-electron chi connectivity index (χ2n) is 6.44. The molecule has 2 N–H and O–H groups in total. The number of hydrogen-bond donors (Lipinski definition) is 1. The molecule has 1 atom stereocenters. The van der Waals surface area contributed by atoms with Crippen molar-refractivity contribution in [2.24, 2.45) is 5.73 Å². The first kappa shape index (κ1) is 21.3. The summed E-state index contributed by atoms with van der Waals surface area (Å²) < 4.78 is 12.3. The van der Waals surface area contributed by atoms with Gasteiger partial charge in [0.25, 0.3) is 5.56 Å². The molecule has 0 radical (unpaired) electrons. The second kappa shape index (κ2) is 8.66. The van der Waals surface area contributed by atoms with E-state index in [1.165, 1.54) is 34.4 Å². The SMILES string of the molecule is CCOC(=O)C1=c2s/c(=C/c3cccs3)c(=O)n2C(N)=C(C(=O)OC)[C@H]1c1cccs1. The summed E-state index contributed by atoms with van der Waals surface area (Å²) in [7, 11) is 1.24. The standard InChI is InChI=1S/C21H18N2O5S3/c1-3-28-21(26)16-14(12-7-5-9-30-12)15(20(25)27-2)17(22)23-18(24)13(31-19(16)23)10-11-6-4-8-29-11/h4-10,14H,3,22H2,1-2H3/b13-10+/t14-/m1/s1.